The summed E-state index contributed by atoms with van der Waals surface area (Å²) in [6, 6.07) is 6.61. The van der Waals surface area contributed by atoms with Crippen LogP contribution in [0.15, 0.2) is 47.8 Å². The van der Waals surface area contributed by atoms with Gasteiger partial charge in [-0.05, 0) is 23.8 Å². The van der Waals surface area contributed by atoms with Crippen LogP contribution in [0.2, 0.25) is 0 Å². The van der Waals surface area contributed by atoms with Crippen LogP contribution in [0.1, 0.15) is 22.1 Å². The van der Waals surface area contributed by atoms with E-state index in [1.165, 1.54) is 19.4 Å². The Morgan fingerprint density at radius 3 is 2.81 bits per heavy atom. The first-order chi connectivity index (χ1) is 15.4. The SMILES string of the molecule is COc1ccc(-c2cnn(C3COC3)c2)cc1S(=O)(=O)Nc1cnc2c(c1)C(=O)NCC2. The number of ether oxygens (including phenoxy) is 2. The van der Waals surface area contributed by atoms with Crippen molar-refractivity contribution in [2.75, 3.05) is 31.6 Å². The van der Waals surface area contributed by atoms with Crippen molar-refractivity contribution in [1.29, 1.82) is 0 Å². The zero-order chi connectivity index (χ0) is 22.3. The number of aromatic nitrogens is 3. The topological polar surface area (TPSA) is 124 Å². The van der Waals surface area contributed by atoms with Crippen molar-refractivity contribution in [3.05, 3.63) is 54.1 Å². The Kier molecular flexibility index (Phi) is 5.06. The molecule has 1 aromatic carbocycles. The van der Waals surface area contributed by atoms with E-state index in [-0.39, 0.29) is 28.3 Å². The molecule has 0 atom stereocenters. The Morgan fingerprint density at radius 2 is 2.06 bits per heavy atom. The van der Waals surface area contributed by atoms with Gasteiger partial charge in [-0.1, -0.05) is 6.07 Å². The van der Waals surface area contributed by atoms with Gasteiger partial charge in [-0.25, -0.2) is 8.42 Å². The van der Waals surface area contributed by atoms with Crippen LogP contribution in [0.25, 0.3) is 11.1 Å². The van der Waals surface area contributed by atoms with Crippen molar-refractivity contribution in [3.8, 4) is 16.9 Å². The highest BCUT2D eigenvalue weighted by Gasteiger charge is 2.25. The van der Waals surface area contributed by atoms with Gasteiger partial charge in [-0.2, -0.15) is 5.10 Å². The molecule has 32 heavy (non-hydrogen) atoms. The average molecular weight is 455 g/mol. The first-order valence-electron chi connectivity index (χ1n) is 10.0. The second-order valence-electron chi connectivity index (χ2n) is 7.60. The summed E-state index contributed by atoms with van der Waals surface area (Å²) in [5.41, 5.74) is 2.67. The zero-order valence-electron chi connectivity index (χ0n) is 17.2. The molecule has 0 saturated carbocycles. The number of rotatable bonds is 6. The molecular formula is C21H21N5O5S. The Bertz CT molecular complexity index is 1300. The van der Waals surface area contributed by atoms with E-state index in [0.717, 1.165) is 5.56 Å². The highest BCUT2D eigenvalue weighted by atomic mass is 32.2. The van der Waals surface area contributed by atoms with Crippen LogP contribution in [-0.4, -0.2) is 56.0 Å². The smallest absolute Gasteiger partial charge is 0.265 e. The number of nitrogens with zero attached hydrogens (tertiary/aromatic N) is 3. The fourth-order valence-corrected chi connectivity index (χ4v) is 4.90. The Hall–Kier alpha value is -3.44. The van der Waals surface area contributed by atoms with Crippen LogP contribution >= 0.6 is 0 Å². The monoisotopic (exact) mass is 455 g/mol. The van der Waals surface area contributed by atoms with Gasteiger partial charge >= 0.3 is 0 Å². The Morgan fingerprint density at radius 1 is 1.22 bits per heavy atom. The quantitative estimate of drug-likeness (QED) is 0.579. The Balaban J connectivity index is 1.47. The largest absolute Gasteiger partial charge is 0.495 e. The average Bonchev–Trinajstić information content (AvgIpc) is 3.22. The molecule has 11 heteroatoms. The lowest BCUT2D eigenvalue weighted by Crippen LogP contribution is -2.32. The van der Waals surface area contributed by atoms with Gasteiger partial charge < -0.3 is 14.8 Å². The molecule has 0 aliphatic carbocycles. The molecule has 1 saturated heterocycles. The molecule has 0 unspecified atom stereocenters. The predicted octanol–water partition coefficient (Wildman–Crippen LogP) is 1.61. The summed E-state index contributed by atoms with van der Waals surface area (Å²) in [7, 11) is -2.62. The number of carbonyl (C=O) groups excluding carboxylic acids is 1. The van der Waals surface area contributed by atoms with E-state index in [9.17, 15) is 13.2 Å². The second kappa shape index (κ2) is 7.92. The van der Waals surface area contributed by atoms with E-state index in [2.05, 4.69) is 20.1 Å². The first-order valence-corrected chi connectivity index (χ1v) is 11.5. The molecule has 5 rings (SSSR count). The summed E-state index contributed by atoms with van der Waals surface area (Å²) in [4.78, 5) is 16.3. The number of pyridine rings is 1. The summed E-state index contributed by atoms with van der Waals surface area (Å²) in [5.74, 6) is -0.0713. The number of anilines is 1. The van der Waals surface area contributed by atoms with E-state index >= 15 is 0 Å². The third-order valence-electron chi connectivity index (χ3n) is 5.50. The van der Waals surface area contributed by atoms with Crippen molar-refractivity contribution in [1.82, 2.24) is 20.1 Å². The molecule has 4 heterocycles. The molecule has 2 N–H and O–H groups in total. The lowest BCUT2D eigenvalue weighted by molar-refractivity contribution is -0.0286. The molecular weight excluding hydrogens is 434 g/mol. The van der Waals surface area contributed by atoms with Crippen LogP contribution in [0.3, 0.4) is 0 Å². The number of hydrogen-bond donors (Lipinski definition) is 2. The van der Waals surface area contributed by atoms with E-state index in [1.807, 2.05) is 10.9 Å². The molecule has 0 radical (unpaired) electrons. The number of hydrogen-bond acceptors (Lipinski definition) is 7. The van der Waals surface area contributed by atoms with E-state index in [1.54, 1.807) is 24.4 Å². The molecule has 166 valence electrons. The minimum atomic E-state index is -4.03. The summed E-state index contributed by atoms with van der Waals surface area (Å²) in [6.45, 7) is 1.73. The number of carbonyl (C=O) groups is 1. The van der Waals surface area contributed by atoms with Gasteiger partial charge in [-0.3, -0.25) is 19.2 Å². The molecule has 1 fully saturated rings. The van der Waals surface area contributed by atoms with E-state index in [0.29, 0.717) is 43.0 Å². The third kappa shape index (κ3) is 3.69. The molecule has 1 amide bonds. The van der Waals surface area contributed by atoms with Crippen molar-refractivity contribution in [3.63, 3.8) is 0 Å². The first kappa shape index (κ1) is 20.5. The van der Waals surface area contributed by atoms with Gasteiger partial charge in [0.1, 0.15) is 10.6 Å². The molecule has 3 aromatic rings. The van der Waals surface area contributed by atoms with Gasteiger partial charge in [-0.15, -0.1) is 0 Å². The van der Waals surface area contributed by atoms with Crippen molar-refractivity contribution >= 4 is 21.6 Å². The van der Waals surface area contributed by atoms with Gasteiger partial charge in [0.05, 0.1) is 55.7 Å². The minimum Gasteiger partial charge on any atom is -0.495 e. The zero-order valence-corrected chi connectivity index (χ0v) is 18.1. The molecule has 2 aliphatic heterocycles. The number of methoxy groups -OCH3 is 1. The standard InChI is InChI=1S/C21H21N5O5S/c1-30-19-3-2-13(14-8-24-26(10-14)16-11-31-12-16)6-20(19)32(28,29)25-15-7-17-18(23-9-15)4-5-22-21(17)27/h2-3,6-10,16,25H,4-5,11-12H2,1H3,(H,22,27). The van der Waals surface area contributed by atoms with E-state index in [4.69, 9.17) is 9.47 Å². The van der Waals surface area contributed by atoms with Crippen molar-refractivity contribution < 1.29 is 22.7 Å². The molecule has 2 aromatic heterocycles. The fraction of sp³-hybridized carbons (Fsp3) is 0.286. The fourth-order valence-electron chi connectivity index (χ4n) is 3.67. The summed E-state index contributed by atoms with van der Waals surface area (Å²) < 4.78 is 41.3. The normalized spacial score (nSPS) is 16.1. The Labute approximate surface area is 184 Å². The minimum absolute atomic E-state index is 0.0283. The molecule has 10 nitrogen and oxygen atoms in total. The lowest BCUT2D eigenvalue weighted by Gasteiger charge is -2.25. The summed E-state index contributed by atoms with van der Waals surface area (Å²) in [6.07, 6.45) is 5.57. The highest BCUT2D eigenvalue weighted by Crippen LogP contribution is 2.32. The van der Waals surface area contributed by atoms with Gasteiger partial charge in [0.2, 0.25) is 0 Å². The number of amides is 1. The number of nitrogens with one attached hydrogen (secondary N) is 2. The van der Waals surface area contributed by atoms with Crippen molar-refractivity contribution in [2.45, 2.75) is 17.4 Å². The van der Waals surface area contributed by atoms with Gasteiger partial charge in [0.25, 0.3) is 15.9 Å². The number of fused-ring (bicyclic) bond motifs is 1. The maximum Gasteiger partial charge on any atom is 0.265 e. The molecule has 0 bridgehead atoms. The second-order valence-corrected chi connectivity index (χ2v) is 9.25. The van der Waals surface area contributed by atoms with E-state index < -0.39 is 10.0 Å². The predicted molar refractivity (Wildman–Crippen MR) is 115 cm³/mol. The number of sulfonamides is 1. The van der Waals surface area contributed by atoms with Crippen LogP contribution < -0.4 is 14.8 Å². The maximum atomic E-state index is 13.2. The van der Waals surface area contributed by atoms with Crippen LogP contribution in [-0.2, 0) is 21.2 Å². The lowest BCUT2D eigenvalue weighted by atomic mass is 10.1. The molecule has 2 aliphatic rings. The summed E-state index contributed by atoms with van der Waals surface area (Å²) >= 11 is 0. The van der Waals surface area contributed by atoms with Crippen LogP contribution in [0.4, 0.5) is 5.69 Å². The van der Waals surface area contributed by atoms with Gasteiger partial charge in [0.15, 0.2) is 0 Å². The number of benzene rings is 1. The molecule has 0 spiro atoms. The van der Waals surface area contributed by atoms with Crippen LogP contribution in [0, 0.1) is 0 Å². The maximum absolute atomic E-state index is 13.2. The highest BCUT2D eigenvalue weighted by molar-refractivity contribution is 7.92. The van der Waals surface area contributed by atoms with Crippen LogP contribution in [0.5, 0.6) is 5.75 Å². The van der Waals surface area contributed by atoms with Gasteiger partial charge in [0, 0.05) is 24.7 Å². The summed E-state index contributed by atoms with van der Waals surface area (Å²) in [5, 5.41) is 7.09. The third-order valence-corrected chi connectivity index (χ3v) is 6.90. The van der Waals surface area contributed by atoms with Crippen molar-refractivity contribution in [2.24, 2.45) is 0 Å².